The number of anilines is 2. The Bertz CT molecular complexity index is 860. The molecule has 0 spiro atoms. The summed E-state index contributed by atoms with van der Waals surface area (Å²) >= 11 is 0. The molecule has 1 unspecified atom stereocenters. The van der Waals surface area contributed by atoms with Crippen LogP contribution in [0.25, 0.3) is 0 Å². The zero-order chi connectivity index (χ0) is 18.8. The van der Waals surface area contributed by atoms with Gasteiger partial charge in [-0.2, -0.15) is 0 Å². The van der Waals surface area contributed by atoms with Crippen LogP contribution in [0.3, 0.4) is 0 Å². The molecule has 2 aromatic rings. The molecular formula is C21H25N3O2. The Labute approximate surface area is 154 Å². The number of hydrogen-bond donors (Lipinski definition) is 2. The summed E-state index contributed by atoms with van der Waals surface area (Å²) in [5.41, 5.74) is 5.83. The minimum absolute atomic E-state index is 0.0218. The van der Waals surface area contributed by atoms with Gasteiger partial charge in [-0.3, -0.25) is 9.59 Å². The summed E-state index contributed by atoms with van der Waals surface area (Å²) in [6, 6.07) is 11.9. The Kier molecular flexibility index (Phi) is 5.09. The van der Waals surface area contributed by atoms with Gasteiger partial charge in [-0.15, -0.1) is 0 Å². The lowest BCUT2D eigenvalue weighted by atomic mass is 9.88. The van der Waals surface area contributed by atoms with Crippen molar-refractivity contribution in [2.24, 2.45) is 0 Å². The average Bonchev–Trinajstić information content (AvgIpc) is 2.57. The second-order valence-electron chi connectivity index (χ2n) is 7.15. The van der Waals surface area contributed by atoms with Gasteiger partial charge in [0.2, 0.25) is 11.8 Å². The van der Waals surface area contributed by atoms with Gasteiger partial charge in [-0.1, -0.05) is 29.8 Å². The predicted octanol–water partition coefficient (Wildman–Crippen LogP) is 3.43. The number of likely N-dealkylation sites (N-methyl/N-ethyl adjacent to an activating group) is 1. The SMILES string of the molecule is CC(=O)Nc1ccc(C)c(NC(=O)C2CN(C)Cc3ccc(C)cc32)c1. The van der Waals surface area contributed by atoms with Gasteiger partial charge in [0.15, 0.2) is 0 Å². The highest BCUT2D eigenvalue weighted by atomic mass is 16.2. The molecule has 0 aliphatic carbocycles. The minimum Gasteiger partial charge on any atom is -0.326 e. The number of amides is 2. The fourth-order valence-corrected chi connectivity index (χ4v) is 3.43. The van der Waals surface area contributed by atoms with Crippen molar-refractivity contribution in [2.45, 2.75) is 33.2 Å². The lowest BCUT2D eigenvalue weighted by Gasteiger charge is -2.32. The van der Waals surface area contributed by atoms with Gasteiger partial charge in [0.25, 0.3) is 0 Å². The molecule has 0 aromatic heterocycles. The second kappa shape index (κ2) is 7.30. The Balaban J connectivity index is 1.87. The molecular weight excluding hydrogens is 326 g/mol. The molecule has 1 aliphatic rings. The maximum Gasteiger partial charge on any atom is 0.233 e. The van der Waals surface area contributed by atoms with E-state index in [-0.39, 0.29) is 17.7 Å². The summed E-state index contributed by atoms with van der Waals surface area (Å²) in [5, 5.41) is 5.81. The summed E-state index contributed by atoms with van der Waals surface area (Å²) in [7, 11) is 2.03. The van der Waals surface area contributed by atoms with Crippen LogP contribution in [0.1, 0.15) is 35.1 Å². The predicted molar refractivity (Wildman–Crippen MR) is 104 cm³/mol. The van der Waals surface area contributed by atoms with Crippen LogP contribution in [0, 0.1) is 13.8 Å². The van der Waals surface area contributed by atoms with E-state index in [2.05, 4.69) is 40.7 Å². The number of carbonyl (C=O) groups is 2. The van der Waals surface area contributed by atoms with Gasteiger partial charge in [-0.25, -0.2) is 0 Å². The van der Waals surface area contributed by atoms with E-state index in [9.17, 15) is 9.59 Å². The number of carbonyl (C=O) groups excluding carboxylic acids is 2. The average molecular weight is 351 g/mol. The van der Waals surface area contributed by atoms with E-state index in [1.165, 1.54) is 12.5 Å². The van der Waals surface area contributed by atoms with Crippen LogP contribution in [0.2, 0.25) is 0 Å². The Hall–Kier alpha value is -2.66. The molecule has 5 heteroatoms. The van der Waals surface area contributed by atoms with Crippen LogP contribution >= 0.6 is 0 Å². The topological polar surface area (TPSA) is 61.4 Å². The second-order valence-corrected chi connectivity index (χ2v) is 7.15. The highest BCUT2D eigenvalue weighted by Crippen LogP contribution is 2.30. The number of benzene rings is 2. The van der Waals surface area contributed by atoms with Crippen LogP contribution in [0.4, 0.5) is 11.4 Å². The normalized spacial score (nSPS) is 16.7. The standard InChI is InChI=1S/C21H25N3O2/c1-13-5-7-16-11-24(4)12-19(18(16)9-13)21(26)23-20-10-17(22-15(3)25)8-6-14(20)2/h5-10,19H,11-12H2,1-4H3,(H,22,25)(H,23,26). The Morgan fingerprint density at radius 1 is 1.08 bits per heavy atom. The van der Waals surface area contributed by atoms with Gasteiger partial charge in [0.05, 0.1) is 5.92 Å². The number of nitrogens with zero attached hydrogens (tertiary/aromatic N) is 1. The van der Waals surface area contributed by atoms with E-state index in [0.717, 1.165) is 28.9 Å². The van der Waals surface area contributed by atoms with Gasteiger partial charge in [0, 0.05) is 31.4 Å². The van der Waals surface area contributed by atoms with E-state index in [1.54, 1.807) is 6.07 Å². The molecule has 2 aromatic carbocycles. The molecule has 2 amide bonds. The molecule has 0 bridgehead atoms. The molecule has 1 atom stereocenters. The molecule has 0 saturated heterocycles. The highest BCUT2D eigenvalue weighted by molar-refractivity contribution is 5.98. The first-order chi connectivity index (χ1) is 12.3. The zero-order valence-corrected chi connectivity index (χ0v) is 15.7. The van der Waals surface area contributed by atoms with Crippen molar-refractivity contribution in [3.05, 3.63) is 58.7 Å². The minimum atomic E-state index is -0.215. The van der Waals surface area contributed by atoms with Crippen molar-refractivity contribution >= 4 is 23.2 Å². The van der Waals surface area contributed by atoms with Crippen LogP contribution in [0.5, 0.6) is 0 Å². The molecule has 0 fully saturated rings. The van der Waals surface area contributed by atoms with Crippen molar-refractivity contribution in [1.82, 2.24) is 4.90 Å². The third kappa shape index (κ3) is 3.94. The van der Waals surface area contributed by atoms with E-state index in [1.807, 2.05) is 26.1 Å². The number of nitrogens with one attached hydrogen (secondary N) is 2. The summed E-state index contributed by atoms with van der Waals surface area (Å²) in [4.78, 5) is 26.5. The van der Waals surface area contributed by atoms with E-state index in [0.29, 0.717) is 12.2 Å². The fourth-order valence-electron chi connectivity index (χ4n) is 3.43. The van der Waals surface area contributed by atoms with E-state index < -0.39 is 0 Å². The van der Waals surface area contributed by atoms with Crippen molar-refractivity contribution in [2.75, 3.05) is 24.2 Å². The summed E-state index contributed by atoms with van der Waals surface area (Å²) in [6.45, 7) is 7.01. The van der Waals surface area contributed by atoms with Crippen molar-refractivity contribution < 1.29 is 9.59 Å². The van der Waals surface area contributed by atoms with Gasteiger partial charge >= 0.3 is 0 Å². The summed E-state index contributed by atoms with van der Waals surface area (Å²) < 4.78 is 0. The van der Waals surface area contributed by atoms with Crippen molar-refractivity contribution in [1.29, 1.82) is 0 Å². The van der Waals surface area contributed by atoms with Gasteiger partial charge in [-0.05, 0) is 49.7 Å². The molecule has 26 heavy (non-hydrogen) atoms. The van der Waals surface area contributed by atoms with Gasteiger partial charge < -0.3 is 15.5 Å². The maximum atomic E-state index is 13.0. The number of aryl methyl sites for hydroxylation is 2. The number of hydrogen-bond acceptors (Lipinski definition) is 3. The molecule has 3 rings (SSSR count). The highest BCUT2D eigenvalue weighted by Gasteiger charge is 2.29. The number of fused-ring (bicyclic) bond motifs is 1. The van der Waals surface area contributed by atoms with Crippen LogP contribution in [-0.4, -0.2) is 30.3 Å². The van der Waals surface area contributed by atoms with Gasteiger partial charge in [0.1, 0.15) is 0 Å². The van der Waals surface area contributed by atoms with Crippen LogP contribution in [0.15, 0.2) is 36.4 Å². The molecule has 0 radical (unpaired) electrons. The Morgan fingerprint density at radius 3 is 2.58 bits per heavy atom. The quantitative estimate of drug-likeness (QED) is 0.891. The smallest absolute Gasteiger partial charge is 0.233 e. The van der Waals surface area contributed by atoms with Crippen molar-refractivity contribution in [3.63, 3.8) is 0 Å². The maximum absolute atomic E-state index is 13.0. The Morgan fingerprint density at radius 2 is 1.85 bits per heavy atom. The monoisotopic (exact) mass is 351 g/mol. The summed E-state index contributed by atoms with van der Waals surface area (Å²) in [5.74, 6) is -0.372. The third-order valence-corrected chi connectivity index (χ3v) is 4.74. The van der Waals surface area contributed by atoms with E-state index >= 15 is 0 Å². The molecule has 5 nitrogen and oxygen atoms in total. The lowest BCUT2D eigenvalue weighted by Crippen LogP contribution is -2.37. The first-order valence-corrected chi connectivity index (χ1v) is 8.80. The third-order valence-electron chi connectivity index (χ3n) is 4.74. The molecule has 0 saturated carbocycles. The van der Waals surface area contributed by atoms with E-state index in [4.69, 9.17) is 0 Å². The molecule has 2 N–H and O–H groups in total. The van der Waals surface area contributed by atoms with Crippen LogP contribution in [-0.2, 0) is 16.1 Å². The fraction of sp³-hybridized carbons (Fsp3) is 0.333. The lowest BCUT2D eigenvalue weighted by molar-refractivity contribution is -0.118. The number of rotatable bonds is 3. The molecule has 1 aliphatic heterocycles. The van der Waals surface area contributed by atoms with Crippen LogP contribution < -0.4 is 10.6 Å². The first-order valence-electron chi connectivity index (χ1n) is 8.80. The largest absolute Gasteiger partial charge is 0.326 e. The van der Waals surface area contributed by atoms with Crippen molar-refractivity contribution in [3.8, 4) is 0 Å². The first kappa shape index (κ1) is 18.1. The summed E-state index contributed by atoms with van der Waals surface area (Å²) in [6.07, 6.45) is 0. The molecule has 1 heterocycles. The molecule has 136 valence electrons. The zero-order valence-electron chi connectivity index (χ0n) is 15.7.